The van der Waals surface area contributed by atoms with Crippen LogP contribution in [0.15, 0.2) is 23.3 Å². The number of fused-ring (bicyclic) bond motifs is 3. The van der Waals surface area contributed by atoms with Gasteiger partial charge in [0.25, 0.3) is 0 Å². The predicted octanol–water partition coefficient (Wildman–Crippen LogP) is 3.61. The Morgan fingerprint density at radius 2 is 1.94 bits per heavy atom. The highest BCUT2D eigenvalue weighted by molar-refractivity contribution is 7.99. The molecular weight excluding hydrogens is 240 g/mol. The molecule has 0 aromatic carbocycles. The first-order valence-corrected chi connectivity index (χ1v) is 8.46. The van der Waals surface area contributed by atoms with Gasteiger partial charge in [0.15, 0.2) is 0 Å². The van der Waals surface area contributed by atoms with Crippen molar-refractivity contribution < 1.29 is 4.79 Å². The van der Waals surface area contributed by atoms with E-state index in [9.17, 15) is 4.79 Å². The van der Waals surface area contributed by atoms with Crippen LogP contribution in [0.2, 0.25) is 0 Å². The maximum absolute atomic E-state index is 11.8. The molecule has 0 amide bonds. The number of ketones is 1. The van der Waals surface area contributed by atoms with E-state index in [1.54, 1.807) is 0 Å². The quantitative estimate of drug-likeness (QED) is 0.662. The first kappa shape index (κ1) is 11.3. The fourth-order valence-corrected chi connectivity index (χ4v) is 6.00. The van der Waals surface area contributed by atoms with Crippen molar-refractivity contribution in [1.82, 2.24) is 0 Å². The van der Waals surface area contributed by atoms with Crippen LogP contribution in [0.3, 0.4) is 0 Å². The number of carbonyl (C=O) groups is 1. The van der Waals surface area contributed by atoms with E-state index in [0.29, 0.717) is 11.7 Å². The molecule has 0 aromatic heterocycles. The van der Waals surface area contributed by atoms with Crippen LogP contribution >= 0.6 is 11.8 Å². The molecule has 4 aliphatic rings. The second-order valence-corrected chi connectivity index (χ2v) is 7.50. The molecule has 4 rings (SSSR count). The maximum Gasteiger partial charge on any atom is 0.137 e. The predicted molar refractivity (Wildman–Crippen MR) is 75.5 cm³/mol. The van der Waals surface area contributed by atoms with Gasteiger partial charge in [0.1, 0.15) is 5.78 Å². The van der Waals surface area contributed by atoms with Crippen molar-refractivity contribution in [3.63, 3.8) is 0 Å². The van der Waals surface area contributed by atoms with Crippen molar-refractivity contribution in [2.24, 2.45) is 23.7 Å². The summed E-state index contributed by atoms with van der Waals surface area (Å²) in [6.45, 7) is 0. The molecule has 2 heteroatoms. The van der Waals surface area contributed by atoms with Crippen molar-refractivity contribution in [3.05, 3.63) is 23.3 Å². The van der Waals surface area contributed by atoms with Crippen molar-refractivity contribution in [2.75, 3.05) is 11.5 Å². The van der Waals surface area contributed by atoms with Crippen LogP contribution in [0.5, 0.6) is 0 Å². The van der Waals surface area contributed by atoms with Gasteiger partial charge in [-0.3, -0.25) is 4.79 Å². The second-order valence-electron chi connectivity index (χ2n) is 6.42. The minimum atomic E-state index is 0.478. The lowest BCUT2D eigenvalue weighted by molar-refractivity contribution is -0.118. The molecule has 0 radical (unpaired) electrons. The Balaban J connectivity index is 1.65. The zero-order valence-electron chi connectivity index (χ0n) is 10.7. The number of thioether (sulfide) groups is 1. The molecule has 1 aliphatic heterocycles. The molecule has 96 valence electrons. The van der Waals surface area contributed by atoms with Gasteiger partial charge in [-0.25, -0.2) is 0 Å². The summed E-state index contributed by atoms with van der Waals surface area (Å²) in [5, 5.41) is 0. The van der Waals surface area contributed by atoms with Crippen LogP contribution in [-0.4, -0.2) is 17.3 Å². The van der Waals surface area contributed by atoms with Crippen molar-refractivity contribution in [2.45, 2.75) is 32.1 Å². The Morgan fingerprint density at radius 1 is 1.11 bits per heavy atom. The average molecular weight is 260 g/mol. The number of carbonyl (C=O) groups excluding carboxylic acids is 1. The Hall–Kier alpha value is -0.500. The van der Waals surface area contributed by atoms with E-state index >= 15 is 0 Å². The summed E-state index contributed by atoms with van der Waals surface area (Å²) in [4.78, 5) is 11.8. The number of Topliss-reactive ketones (excluding diaryl/α,β-unsaturated/α-hetero) is 1. The topological polar surface area (TPSA) is 17.1 Å². The minimum Gasteiger partial charge on any atom is -0.299 e. The van der Waals surface area contributed by atoms with E-state index < -0.39 is 0 Å². The fourth-order valence-electron chi connectivity index (χ4n) is 4.44. The molecule has 1 saturated carbocycles. The van der Waals surface area contributed by atoms with Crippen LogP contribution < -0.4 is 0 Å². The minimum absolute atomic E-state index is 0.478. The molecular formula is C16H20OS. The molecule has 1 nitrogen and oxygen atoms in total. The van der Waals surface area contributed by atoms with E-state index in [-0.39, 0.29) is 0 Å². The third-order valence-corrected chi connectivity index (χ3v) is 6.77. The van der Waals surface area contributed by atoms with Crippen molar-refractivity contribution >= 4 is 17.5 Å². The zero-order valence-corrected chi connectivity index (χ0v) is 11.5. The fraction of sp³-hybridized carbons (Fsp3) is 0.688. The molecule has 0 spiro atoms. The lowest BCUT2D eigenvalue weighted by Gasteiger charge is -2.42. The Kier molecular flexibility index (Phi) is 2.68. The van der Waals surface area contributed by atoms with E-state index in [1.807, 2.05) is 0 Å². The summed E-state index contributed by atoms with van der Waals surface area (Å²) < 4.78 is 0. The van der Waals surface area contributed by atoms with Gasteiger partial charge in [-0.05, 0) is 60.0 Å². The second kappa shape index (κ2) is 4.26. The molecule has 0 aromatic rings. The standard InChI is InChI=1S/C16H20OS/c17-14-4-3-10-1-2-11-5-12-8-18-9-13(12)6-15(11)16(10)7-14/h1-2,11-13,15H,3-9H2. The Labute approximate surface area is 113 Å². The number of hydrogen-bond acceptors (Lipinski definition) is 2. The van der Waals surface area contributed by atoms with Gasteiger partial charge in [0.05, 0.1) is 0 Å². The lowest BCUT2D eigenvalue weighted by atomic mass is 9.62. The van der Waals surface area contributed by atoms with Gasteiger partial charge in [0.2, 0.25) is 0 Å². The highest BCUT2D eigenvalue weighted by Gasteiger charge is 2.42. The molecule has 2 fully saturated rings. The molecule has 4 atom stereocenters. The van der Waals surface area contributed by atoms with E-state index in [4.69, 9.17) is 0 Å². The van der Waals surface area contributed by atoms with Gasteiger partial charge < -0.3 is 0 Å². The smallest absolute Gasteiger partial charge is 0.137 e. The summed E-state index contributed by atoms with van der Waals surface area (Å²) in [5.41, 5.74) is 3.05. The lowest BCUT2D eigenvalue weighted by Crippen LogP contribution is -2.34. The largest absolute Gasteiger partial charge is 0.299 e. The SMILES string of the molecule is O=C1CCC2=C(C1)C1CC3CSCC3CC1C=C2. The molecule has 0 N–H and O–H groups in total. The average Bonchev–Trinajstić information content (AvgIpc) is 2.83. The Bertz CT molecular complexity index is 448. The molecule has 0 bridgehead atoms. The number of rotatable bonds is 0. The summed E-state index contributed by atoms with van der Waals surface area (Å²) in [5.74, 6) is 6.59. The van der Waals surface area contributed by atoms with Crippen molar-refractivity contribution in [3.8, 4) is 0 Å². The zero-order chi connectivity index (χ0) is 12.1. The summed E-state index contributed by atoms with van der Waals surface area (Å²) in [7, 11) is 0. The van der Waals surface area contributed by atoms with E-state index in [2.05, 4.69) is 23.9 Å². The van der Waals surface area contributed by atoms with Gasteiger partial charge in [-0.15, -0.1) is 0 Å². The van der Waals surface area contributed by atoms with Crippen LogP contribution in [0, 0.1) is 23.7 Å². The summed E-state index contributed by atoms with van der Waals surface area (Å²) >= 11 is 2.15. The van der Waals surface area contributed by atoms with Crippen LogP contribution in [0.25, 0.3) is 0 Å². The monoisotopic (exact) mass is 260 g/mol. The van der Waals surface area contributed by atoms with Crippen LogP contribution in [0.1, 0.15) is 32.1 Å². The van der Waals surface area contributed by atoms with Gasteiger partial charge in [0, 0.05) is 12.8 Å². The molecule has 1 saturated heterocycles. The van der Waals surface area contributed by atoms with Gasteiger partial charge >= 0.3 is 0 Å². The van der Waals surface area contributed by atoms with Gasteiger partial charge in [-0.1, -0.05) is 17.7 Å². The molecule has 3 aliphatic carbocycles. The first-order valence-electron chi connectivity index (χ1n) is 7.31. The third kappa shape index (κ3) is 1.72. The molecule has 4 unspecified atom stereocenters. The first-order chi connectivity index (χ1) is 8.81. The van der Waals surface area contributed by atoms with Crippen LogP contribution in [0.4, 0.5) is 0 Å². The Morgan fingerprint density at radius 3 is 2.83 bits per heavy atom. The normalized spacial score (nSPS) is 42.6. The maximum atomic E-state index is 11.8. The summed E-state index contributed by atoms with van der Waals surface area (Å²) in [6, 6.07) is 0. The highest BCUT2D eigenvalue weighted by Crippen LogP contribution is 2.51. The molecule has 18 heavy (non-hydrogen) atoms. The summed E-state index contributed by atoms with van der Waals surface area (Å²) in [6.07, 6.45) is 10.1. The van der Waals surface area contributed by atoms with E-state index in [0.717, 1.165) is 37.0 Å². The highest BCUT2D eigenvalue weighted by atomic mass is 32.2. The van der Waals surface area contributed by atoms with Gasteiger partial charge in [-0.2, -0.15) is 11.8 Å². The van der Waals surface area contributed by atoms with E-state index in [1.165, 1.54) is 35.5 Å². The van der Waals surface area contributed by atoms with Crippen molar-refractivity contribution in [1.29, 1.82) is 0 Å². The third-order valence-electron chi connectivity index (χ3n) is 5.44. The molecule has 1 heterocycles. The van der Waals surface area contributed by atoms with Crippen LogP contribution in [-0.2, 0) is 4.79 Å². The number of hydrogen-bond donors (Lipinski definition) is 0. The number of allylic oxidation sites excluding steroid dienone is 4.